The summed E-state index contributed by atoms with van der Waals surface area (Å²) in [6.45, 7) is 4.11. The van der Waals surface area contributed by atoms with Gasteiger partial charge in [-0.1, -0.05) is 19.1 Å². The van der Waals surface area contributed by atoms with E-state index >= 15 is 0 Å². The molecular weight excluding hydrogens is 411 g/mol. The molecule has 0 bridgehead atoms. The van der Waals surface area contributed by atoms with E-state index in [4.69, 9.17) is 9.47 Å². The second-order valence-corrected chi connectivity index (χ2v) is 6.97. The van der Waals surface area contributed by atoms with Gasteiger partial charge in [-0.15, -0.1) is 0 Å². The molecule has 0 fully saturated rings. The lowest BCUT2D eigenvalue weighted by atomic mass is 9.95. The zero-order valence-corrected chi connectivity index (χ0v) is 17.7. The molecule has 8 heteroatoms. The molecule has 0 spiro atoms. The summed E-state index contributed by atoms with van der Waals surface area (Å²) >= 11 is 0. The van der Waals surface area contributed by atoms with Crippen molar-refractivity contribution in [2.45, 2.75) is 39.4 Å². The number of esters is 1. The molecule has 0 saturated heterocycles. The van der Waals surface area contributed by atoms with Gasteiger partial charge < -0.3 is 14.8 Å². The van der Waals surface area contributed by atoms with Gasteiger partial charge in [0.25, 0.3) is 5.91 Å². The predicted octanol–water partition coefficient (Wildman–Crippen LogP) is 4.78. The quantitative estimate of drug-likeness (QED) is 0.574. The number of carbonyl (C=O) groups excluding carboxylic acids is 2. The highest BCUT2D eigenvalue weighted by Crippen LogP contribution is 2.29. The highest BCUT2D eigenvalue weighted by molar-refractivity contribution is 5.94. The van der Waals surface area contributed by atoms with E-state index in [2.05, 4.69) is 5.32 Å². The number of ether oxygens (including phenoxy) is 2. The zero-order valence-electron chi connectivity index (χ0n) is 17.7. The van der Waals surface area contributed by atoms with Crippen molar-refractivity contribution >= 4 is 11.9 Å². The van der Waals surface area contributed by atoms with Crippen molar-refractivity contribution in [3.05, 3.63) is 64.7 Å². The molecule has 1 atom stereocenters. The van der Waals surface area contributed by atoms with Crippen LogP contribution in [0.1, 0.15) is 47.3 Å². The Morgan fingerprint density at radius 1 is 1.06 bits per heavy atom. The van der Waals surface area contributed by atoms with Crippen molar-refractivity contribution in [3.63, 3.8) is 0 Å². The highest BCUT2D eigenvalue weighted by atomic mass is 19.4. The van der Waals surface area contributed by atoms with Gasteiger partial charge in [0.1, 0.15) is 5.75 Å². The fourth-order valence-corrected chi connectivity index (χ4v) is 3.12. The van der Waals surface area contributed by atoms with Crippen molar-refractivity contribution in [2.75, 3.05) is 13.7 Å². The minimum Gasteiger partial charge on any atom is -0.496 e. The van der Waals surface area contributed by atoms with E-state index in [1.807, 2.05) is 19.1 Å². The number of rotatable bonds is 9. The van der Waals surface area contributed by atoms with E-state index in [1.54, 1.807) is 13.0 Å². The third kappa shape index (κ3) is 6.73. The van der Waals surface area contributed by atoms with Crippen molar-refractivity contribution in [1.29, 1.82) is 0 Å². The first-order valence-electron chi connectivity index (χ1n) is 9.97. The summed E-state index contributed by atoms with van der Waals surface area (Å²) in [7, 11) is 1.50. The summed E-state index contributed by atoms with van der Waals surface area (Å²) in [6, 6.07) is 9.46. The van der Waals surface area contributed by atoms with Gasteiger partial charge in [0.2, 0.25) is 0 Å². The molecule has 31 heavy (non-hydrogen) atoms. The first kappa shape index (κ1) is 24.2. The Hall–Kier alpha value is -3.03. The third-order valence-corrected chi connectivity index (χ3v) is 4.85. The van der Waals surface area contributed by atoms with E-state index in [9.17, 15) is 22.8 Å². The first-order chi connectivity index (χ1) is 14.7. The SMILES string of the molecule is CCOC(=O)C(CC)Cc1ccc(OC)c(CNC(=O)c2ccc(C(F)(F)F)cc2)c1. The lowest BCUT2D eigenvalue weighted by molar-refractivity contribution is -0.148. The summed E-state index contributed by atoms with van der Waals surface area (Å²) < 4.78 is 48.5. The van der Waals surface area contributed by atoms with Crippen LogP contribution in [0.15, 0.2) is 42.5 Å². The molecule has 0 aliphatic rings. The first-order valence-corrected chi connectivity index (χ1v) is 9.97. The smallest absolute Gasteiger partial charge is 0.416 e. The number of alkyl halides is 3. The maximum absolute atomic E-state index is 12.7. The predicted molar refractivity (Wildman–Crippen MR) is 110 cm³/mol. The Balaban J connectivity index is 2.10. The average Bonchev–Trinajstić information content (AvgIpc) is 2.75. The van der Waals surface area contributed by atoms with Crippen molar-refractivity contribution in [1.82, 2.24) is 5.32 Å². The Morgan fingerprint density at radius 2 is 1.74 bits per heavy atom. The molecule has 1 amide bonds. The Morgan fingerprint density at radius 3 is 2.29 bits per heavy atom. The van der Waals surface area contributed by atoms with Crippen molar-refractivity contribution < 1.29 is 32.2 Å². The molecule has 0 aromatic heterocycles. The number of carbonyl (C=O) groups is 2. The summed E-state index contributed by atoms with van der Waals surface area (Å²) in [5.41, 5.74) is 0.889. The van der Waals surface area contributed by atoms with Gasteiger partial charge in [-0.3, -0.25) is 9.59 Å². The molecule has 0 saturated carbocycles. The molecular formula is C23H26F3NO4. The van der Waals surface area contributed by atoms with Crippen LogP contribution in [0.2, 0.25) is 0 Å². The number of amides is 1. The maximum Gasteiger partial charge on any atom is 0.416 e. The second-order valence-electron chi connectivity index (χ2n) is 6.97. The summed E-state index contributed by atoms with van der Waals surface area (Å²) in [5, 5.41) is 2.69. The molecule has 5 nitrogen and oxygen atoms in total. The minimum atomic E-state index is -4.46. The normalized spacial score (nSPS) is 12.2. The van der Waals surface area contributed by atoms with Crippen LogP contribution in [0.3, 0.4) is 0 Å². The highest BCUT2D eigenvalue weighted by Gasteiger charge is 2.30. The molecule has 1 unspecified atom stereocenters. The minimum absolute atomic E-state index is 0.118. The van der Waals surface area contributed by atoms with E-state index < -0.39 is 17.6 Å². The van der Waals surface area contributed by atoms with Gasteiger partial charge in [0.05, 0.1) is 25.2 Å². The van der Waals surface area contributed by atoms with E-state index in [-0.39, 0.29) is 24.0 Å². The number of benzene rings is 2. The van der Waals surface area contributed by atoms with Gasteiger partial charge in [-0.2, -0.15) is 13.2 Å². The summed E-state index contributed by atoms with van der Waals surface area (Å²) in [6.07, 6.45) is -3.34. The van der Waals surface area contributed by atoms with Crippen LogP contribution in [0.5, 0.6) is 5.75 Å². The molecule has 2 aromatic carbocycles. The zero-order chi connectivity index (χ0) is 23.0. The van der Waals surface area contributed by atoms with Gasteiger partial charge in [-0.25, -0.2) is 0 Å². The number of methoxy groups -OCH3 is 1. The van der Waals surface area contributed by atoms with Crippen LogP contribution in [-0.4, -0.2) is 25.6 Å². The molecule has 1 N–H and O–H groups in total. The van der Waals surface area contributed by atoms with Gasteiger partial charge in [0, 0.05) is 17.7 Å². The lowest BCUT2D eigenvalue weighted by Crippen LogP contribution is -2.23. The third-order valence-electron chi connectivity index (χ3n) is 4.85. The van der Waals surface area contributed by atoms with E-state index in [0.29, 0.717) is 30.8 Å². The number of hydrogen-bond acceptors (Lipinski definition) is 4. The topological polar surface area (TPSA) is 64.6 Å². The second kappa shape index (κ2) is 10.8. The molecule has 2 aromatic rings. The van der Waals surface area contributed by atoms with Crippen LogP contribution in [0.25, 0.3) is 0 Å². The van der Waals surface area contributed by atoms with Crippen LogP contribution >= 0.6 is 0 Å². The van der Waals surface area contributed by atoms with Crippen LogP contribution in [-0.2, 0) is 28.7 Å². The Kier molecular flexibility index (Phi) is 8.47. The molecule has 0 radical (unpaired) electrons. The standard InChI is InChI=1S/C23H26F3NO4/c1-4-16(22(29)31-5-2)12-15-6-11-20(30-3)18(13-15)14-27-21(28)17-7-9-19(10-8-17)23(24,25)26/h6-11,13,16H,4-5,12,14H2,1-3H3,(H,27,28). The van der Waals surface area contributed by atoms with Gasteiger partial charge >= 0.3 is 12.1 Å². The summed E-state index contributed by atoms with van der Waals surface area (Å²) in [5.74, 6) is -0.472. The van der Waals surface area contributed by atoms with Gasteiger partial charge in [0.15, 0.2) is 0 Å². The molecule has 168 valence electrons. The number of halogens is 3. The lowest BCUT2D eigenvalue weighted by Gasteiger charge is -2.16. The van der Waals surface area contributed by atoms with E-state index in [1.165, 1.54) is 7.11 Å². The maximum atomic E-state index is 12.7. The molecule has 0 heterocycles. The van der Waals surface area contributed by atoms with Crippen LogP contribution in [0.4, 0.5) is 13.2 Å². The Bertz CT molecular complexity index is 895. The Labute approximate surface area is 179 Å². The number of nitrogens with one attached hydrogen (secondary N) is 1. The van der Waals surface area contributed by atoms with Crippen molar-refractivity contribution in [3.8, 4) is 5.75 Å². The van der Waals surface area contributed by atoms with E-state index in [0.717, 1.165) is 29.8 Å². The van der Waals surface area contributed by atoms with Crippen LogP contribution < -0.4 is 10.1 Å². The largest absolute Gasteiger partial charge is 0.496 e. The summed E-state index contributed by atoms with van der Waals surface area (Å²) in [4.78, 5) is 24.4. The average molecular weight is 437 g/mol. The molecule has 0 aliphatic heterocycles. The molecule has 2 rings (SSSR count). The molecule has 0 aliphatic carbocycles. The fraction of sp³-hybridized carbons (Fsp3) is 0.391. The number of hydrogen-bond donors (Lipinski definition) is 1. The fourth-order valence-electron chi connectivity index (χ4n) is 3.12. The van der Waals surface area contributed by atoms with Crippen LogP contribution in [0, 0.1) is 5.92 Å². The van der Waals surface area contributed by atoms with Gasteiger partial charge in [-0.05, 0) is 55.7 Å². The monoisotopic (exact) mass is 437 g/mol. The van der Waals surface area contributed by atoms with Crippen molar-refractivity contribution in [2.24, 2.45) is 5.92 Å².